The second-order valence-electron chi connectivity index (χ2n) is 22.3. The summed E-state index contributed by atoms with van der Waals surface area (Å²) < 4.78 is 29.8. The Morgan fingerprint density at radius 3 is 0.842 bits per heavy atom. The molecule has 0 unspecified atom stereocenters. The normalized spacial score (nSPS) is 9.92. The quantitative estimate of drug-likeness (QED) is 0.0238. The van der Waals surface area contributed by atoms with Crippen LogP contribution in [0.5, 0.6) is 0 Å². The van der Waals surface area contributed by atoms with E-state index in [1.165, 1.54) is 43.4 Å². The zero-order chi connectivity index (χ0) is 74.3. The molecule has 0 heterocycles. The Labute approximate surface area is 570 Å². The summed E-state index contributed by atoms with van der Waals surface area (Å²) in [5, 5.41) is 0. The van der Waals surface area contributed by atoms with E-state index >= 15 is 0 Å². The Bertz CT molecular complexity index is 2260. The van der Waals surface area contributed by atoms with E-state index in [2.05, 4.69) is 39.5 Å². The molecule has 0 radical (unpaired) electrons. The lowest BCUT2D eigenvalue weighted by molar-refractivity contribution is -0.153. The standard InChI is InChI=1S/2C13H23NO3.2C12H21NO3.C11H19NO3.C10H17NO3/c1-6-11(15)14(7-2)9-8-10-17-12(16)13(3,4)5;1-5-12(15)14(6-2)8-7-9-17-13(16)10-11(3)4;1-5-11(14)13(6-2)8-7-9-16-12(15)10(3)4;1-4-8-12(15)16-10-7-9-13(6-3)11(14)5-2;1-4-10(13)12(6-3)8-7-9-15-11(14)5-2;1-4-10(13)11(5-2)7-6-8-14-9(3)12/h6H,1,7-10H2,2-5H3;5,11H,1,6-10H2,2-4H3;5,10H,1,6-9H2,2-4H3;5H,2,4,6-10H2,1,3H3;4H,1,5-9H2,2-3H3;4H,1,5-8H2,2-3H3. The molecule has 0 aliphatic carbocycles. The monoisotopic (exact) mass is 1350 g/mol. The number of hydrogen-bond donors (Lipinski definition) is 0. The van der Waals surface area contributed by atoms with Crippen LogP contribution in [0.4, 0.5) is 0 Å². The van der Waals surface area contributed by atoms with Crippen LogP contribution in [0.15, 0.2) is 75.9 Å². The maximum atomic E-state index is 11.4. The van der Waals surface area contributed by atoms with E-state index in [9.17, 15) is 57.5 Å². The first-order valence-electron chi connectivity index (χ1n) is 33.2. The van der Waals surface area contributed by atoms with Gasteiger partial charge in [0.25, 0.3) is 0 Å². The van der Waals surface area contributed by atoms with Gasteiger partial charge in [0.05, 0.1) is 51.0 Å². The maximum Gasteiger partial charge on any atom is 0.311 e. The number of nitrogens with zero attached hydrogens (tertiary/aromatic N) is 6. The van der Waals surface area contributed by atoms with Gasteiger partial charge in [-0.15, -0.1) is 0 Å². The van der Waals surface area contributed by atoms with Crippen molar-refractivity contribution in [1.82, 2.24) is 29.4 Å². The summed E-state index contributed by atoms with van der Waals surface area (Å²) in [4.78, 5) is 144. The topological polar surface area (TPSA) is 280 Å². The van der Waals surface area contributed by atoms with Crippen LogP contribution in [0.2, 0.25) is 0 Å². The smallest absolute Gasteiger partial charge is 0.311 e. The fraction of sp³-hybridized carbons (Fsp3) is 0.662. The fourth-order valence-corrected chi connectivity index (χ4v) is 7.12. The minimum atomic E-state index is -0.471. The zero-order valence-electron chi connectivity index (χ0n) is 61.2. The van der Waals surface area contributed by atoms with Gasteiger partial charge in [-0.05, 0) is 150 Å². The number of hydrogen-bond acceptors (Lipinski definition) is 18. The van der Waals surface area contributed by atoms with Gasteiger partial charge < -0.3 is 57.8 Å². The summed E-state index contributed by atoms with van der Waals surface area (Å²) in [5.41, 5.74) is -0.471. The largest absolute Gasteiger partial charge is 0.466 e. The first-order chi connectivity index (χ1) is 44.8. The van der Waals surface area contributed by atoms with E-state index in [1.54, 1.807) is 50.2 Å². The van der Waals surface area contributed by atoms with E-state index < -0.39 is 5.41 Å². The number of carbonyl (C=O) groups excluding carboxylic acids is 12. The molecule has 6 amide bonds. The van der Waals surface area contributed by atoms with Crippen molar-refractivity contribution in [1.29, 1.82) is 0 Å². The molecule has 0 aromatic heterocycles. The second kappa shape index (κ2) is 64.8. The zero-order valence-corrected chi connectivity index (χ0v) is 61.2. The van der Waals surface area contributed by atoms with Gasteiger partial charge in [0.2, 0.25) is 35.4 Å². The molecule has 0 saturated heterocycles. The van der Waals surface area contributed by atoms with Crippen molar-refractivity contribution in [3.63, 3.8) is 0 Å². The van der Waals surface area contributed by atoms with Crippen LogP contribution < -0.4 is 0 Å². The van der Waals surface area contributed by atoms with Gasteiger partial charge in [0, 0.05) is 105 Å². The van der Waals surface area contributed by atoms with Crippen molar-refractivity contribution in [3.8, 4) is 0 Å². The summed E-state index contributed by atoms with van der Waals surface area (Å²) in [5.74, 6) is -1.52. The van der Waals surface area contributed by atoms with Crippen LogP contribution in [0.25, 0.3) is 0 Å². The van der Waals surface area contributed by atoms with Crippen molar-refractivity contribution >= 4 is 71.3 Å². The van der Waals surface area contributed by atoms with Gasteiger partial charge in [-0.1, -0.05) is 81.0 Å². The minimum absolute atomic E-state index is 0.0811. The lowest BCUT2D eigenvalue weighted by Crippen LogP contribution is -2.31. The minimum Gasteiger partial charge on any atom is -0.466 e. The van der Waals surface area contributed by atoms with E-state index in [4.69, 9.17) is 28.4 Å². The molecular weight excluding hydrogens is 1220 g/mol. The number of carbonyl (C=O) groups is 12. The molecule has 0 rings (SSSR count). The molecule has 0 saturated carbocycles. The SMILES string of the molecule is C=CC(=O)N(CC)CCCOC(=O)C(C)(C)C.C=CC(=O)N(CC)CCCOC(=O)C(C)C.C=CC(=O)N(CC)CCCOC(=O)CC.C=CC(=O)N(CC)CCCOC(=O)CC(C)C.C=CC(=O)N(CC)CCCOC(=O)CCC.C=CC(=O)N(CC)CCCOC(C)=O. The third-order valence-corrected chi connectivity index (χ3v) is 12.6. The molecule has 0 bridgehead atoms. The van der Waals surface area contributed by atoms with Gasteiger partial charge in [-0.2, -0.15) is 0 Å². The van der Waals surface area contributed by atoms with E-state index in [0.717, 1.165) is 6.42 Å². The molecule has 95 heavy (non-hydrogen) atoms. The lowest BCUT2D eigenvalue weighted by atomic mass is 9.97. The van der Waals surface area contributed by atoms with Crippen molar-refractivity contribution < 1.29 is 86.0 Å². The molecule has 0 atom stereocenters. The molecule has 24 nitrogen and oxygen atoms in total. The molecule has 0 fully saturated rings. The van der Waals surface area contributed by atoms with Crippen LogP contribution in [0, 0.1) is 17.3 Å². The first-order valence-corrected chi connectivity index (χ1v) is 33.2. The molecule has 0 aromatic carbocycles. The van der Waals surface area contributed by atoms with Crippen molar-refractivity contribution in [2.45, 2.75) is 175 Å². The Balaban J connectivity index is -0.000000250. The van der Waals surface area contributed by atoms with Gasteiger partial charge in [0.1, 0.15) is 0 Å². The highest BCUT2D eigenvalue weighted by atomic mass is 16.6. The highest BCUT2D eigenvalue weighted by Gasteiger charge is 2.23. The molecule has 0 aliphatic heterocycles. The van der Waals surface area contributed by atoms with Crippen LogP contribution in [0.3, 0.4) is 0 Å². The number of ether oxygens (including phenoxy) is 6. The van der Waals surface area contributed by atoms with Crippen LogP contribution in [-0.2, 0) is 86.0 Å². The van der Waals surface area contributed by atoms with E-state index in [0.29, 0.717) is 182 Å². The summed E-state index contributed by atoms with van der Waals surface area (Å²) in [7, 11) is 0. The Morgan fingerprint density at radius 1 is 0.368 bits per heavy atom. The van der Waals surface area contributed by atoms with Crippen LogP contribution in [0.1, 0.15) is 175 Å². The van der Waals surface area contributed by atoms with Crippen LogP contribution in [-0.4, -0.2) is 219 Å². The molecule has 0 aromatic rings. The Kier molecular flexibility index (Phi) is 66.9. The number of esters is 6. The van der Waals surface area contributed by atoms with Crippen molar-refractivity contribution in [2.24, 2.45) is 17.3 Å². The number of rotatable bonds is 42. The molecule has 546 valence electrons. The van der Waals surface area contributed by atoms with Gasteiger partial charge >= 0.3 is 35.8 Å². The van der Waals surface area contributed by atoms with Gasteiger partial charge in [-0.25, -0.2) is 0 Å². The van der Waals surface area contributed by atoms with E-state index in [-0.39, 0.29) is 77.2 Å². The predicted molar refractivity (Wildman–Crippen MR) is 373 cm³/mol. The second-order valence-corrected chi connectivity index (χ2v) is 22.3. The summed E-state index contributed by atoms with van der Waals surface area (Å²) in [6.45, 7) is 59.6. The summed E-state index contributed by atoms with van der Waals surface area (Å²) in [6, 6.07) is 0. The maximum absolute atomic E-state index is 11.4. The predicted octanol–water partition coefficient (Wildman–Crippen LogP) is 9.70. The van der Waals surface area contributed by atoms with Crippen LogP contribution >= 0.6 is 0 Å². The third kappa shape index (κ3) is 59.6. The molecular formula is C71H124N6O18. The van der Waals surface area contributed by atoms with Gasteiger partial charge in [-0.3, -0.25) is 57.5 Å². The number of amides is 6. The average molecular weight is 1350 g/mol. The Morgan fingerprint density at radius 2 is 0.621 bits per heavy atom. The first kappa shape index (κ1) is 98.2. The molecule has 24 heteroatoms. The highest BCUT2D eigenvalue weighted by molar-refractivity contribution is 5.89. The summed E-state index contributed by atoms with van der Waals surface area (Å²) in [6.07, 6.45) is 13.8. The highest BCUT2D eigenvalue weighted by Crippen LogP contribution is 2.15. The third-order valence-electron chi connectivity index (χ3n) is 12.6. The van der Waals surface area contributed by atoms with Crippen molar-refractivity contribution in [3.05, 3.63) is 75.9 Å². The summed E-state index contributed by atoms with van der Waals surface area (Å²) >= 11 is 0. The Hall–Kier alpha value is -7.92. The lowest BCUT2D eigenvalue weighted by Gasteiger charge is -2.20. The van der Waals surface area contributed by atoms with Crippen molar-refractivity contribution in [2.75, 3.05) is 118 Å². The molecule has 0 N–H and O–H groups in total. The molecule has 0 aliphatic rings. The average Bonchev–Trinajstić information content (AvgIpc) is 2.58. The van der Waals surface area contributed by atoms with E-state index in [1.807, 2.05) is 83.1 Å². The number of likely N-dealkylation sites (N-methyl/N-ethyl adjacent to an activating group) is 6. The molecule has 0 spiro atoms. The fourth-order valence-electron chi connectivity index (χ4n) is 7.12. The van der Waals surface area contributed by atoms with Gasteiger partial charge in [0.15, 0.2) is 0 Å².